The summed E-state index contributed by atoms with van der Waals surface area (Å²) in [6.45, 7) is 4.54. The molecule has 3 heterocycles. The lowest BCUT2D eigenvalue weighted by molar-refractivity contribution is -0.140. The molecule has 0 aliphatic carbocycles. The fourth-order valence-electron chi connectivity index (χ4n) is 4.11. The van der Waals surface area contributed by atoms with Crippen LogP contribution >= 0.6 is 0 Å². The van der Waals surface area contributed by atoms with E-state index in [9.17, 15) is 14.7 Å². The van der Waals surface area contributed by atoms with Gasteiger partial charge in [-0.1, -0.05) is 0 Å². The number of carbonyl (C=O) groups excluding carboxylic acids is 2. The van der Waals surface area contributed by atoms with Crippen LogP contribution in [0.4, 0.5) is 0 Å². The van der Waals surface area contributed by atoms with E-state index in [-0.39, 0.29) is 17.4 Å². The average Bonchev–Trinajstić information content (AvgIpc) is 3.38. The van der Waals surface area contributed by atoms with Crippen LogP contribution in [-0.2, 0) is 20.7 Å². The molecule has 1 aromatic carbocycles. The van der Waals surface area contributed by atoms with Gasteiger partial charge in [-0.05, 0) is 56.2 Å². The highest BCUT2D eigenvalue weighted by Crippen LogP contribution is 2.41. The highest BCUT2D eigenvalue weighted by atomic mass is 16.5. The highest BCUT2D eigenvalue weighted by Gasteiger charge is 2.47. The smallest absolute Gasteiger partial charge is 0.295 e. The van der Waals surface area contributed by atoms with Gasteiger partial charge in [0.2, 0.25) is 0 Å². The molecular weight excluding hydrogens is 386 g/mol. The number of aliphatic hydroxyl groups excluding tert-OH is 1. The number of methoxy groups -OCH3 is 1. The summed E-state index contributed by atoms with van der Waals surface area (Å²) in [5.41, 5.74) is 1.49. The highest BCUT2D eigenvalue weighted by molar-refractivity contribution is 6.46. The minimum Gasteiger partial charge on any atom is -0.507 e. The molecule has 0 saturated carbocycles. The first-order chi connectivity index (χ1) is 14.4. The molecule has 2 aromatic rings. The van der Waals surface area contributed by atoms with E-state index in [4.69, 9.17) is 13.9 Å². The van der Waals surface area contributed by atoms with Crippen molar-refractivity contribution in [3.63, 3.8) is 0 Å². The van der Waals surface area contributed by atoms with Gasteiger partial charge in [0.15, 0.2) is 0 Å². The second-order valence-electron chi connectivity index (χ2n) is 7.74. The second kappa shape index (κ2) is 7.99. The molecule has 1 N–H and O–H groups in total. The number of hydrogen-bond acceptors (Lipinski definition) is 6. The topological polar surface area (TPSA) is 89.2 Å². The predicted octanol–water partition coefficient (Wildman–Crippen LogP) is 3.37. The lowest BCUT2D eigenvalue weighted by atomic mass is 9.97. The zero-order chi connectivity index (χ0) is 21.4. The number of ether oxygens (including phenoxy) is 2. The number of carbonyl (C=O) groups is 2. The molecule has 7 nitrogen and oxygen atoms in total. The Hall–Kier alpha value is -3.06. The van der Waals surface area contributed by atoms with Crippen LogP contribution in [-0.4, -0.2) is 48.1 Å². The molecule has 0 radical (unpaired) electrons. The molecule has 2 aliphatic heterocycles. The summed E-state index contributed by atoms with van der Waals surface area (Å²) in [5.74, 6) is 0.320. The Morgan fingerprint density at radius 3 is 2.77 bits per heavy atom. The van der Waals surface area contributed by atoms with Crippen molar-refractivity contribution >= 4 is 17.4 Å². The van der Waals surface area contributed by atoms with Gasteiger partial charge in [-0.3, -0.25) is 9.59 Å². The van der Waals surface area contributed by atoms with Crippen molar-refractivity contribution in [2.75, 3.05) is 20.3 Å². The molecule has 0 unspecified atom stereocenters. The predicted molar refractivity (Wildman–Crippen MR) is 109 cm³/mol. The molecule has 1 saturated heterocycles. The Kier molecular flexibility index (Phi) is 5.39. The summed E-state index contributed by atoms with van der Waals surface area (Å²) in [5, 5.41) is 11.1. The van der Waals surface area contributed by atoms with E-state index in [1.807, 2.05) is 13.0 Å². The number of nitrogens with zero attached hydrogens (tertiary/aromatic N) is 1. The molecule has 7 heteroatoms. The van der Waals surface area contributed by atoms with Crippen LogP contribution in [0.5, 0.6) is 5.75 Å². The van der Waals surface area contributed by atoms with Gasteiger partial charge in [-0.25, -0.2) is 0 Å². The third kappa shape index (κ3) is 3.50. The molecule has 158 valence electrons. The van der Waals surface area contributed by atoms with Gasteiger partial charge in [0.1, 0.15) is 35.2 Å². The third-order valence-corrected chi connectivity index (χ3v) is 5.49. The average molecular weight is 411 g/mol. The van der Waals surface area contributed by atoms with Gasteiger partial charge >= 0.3 is 0 Å². The zero-order valence-electron chi connectivity index (χ0n) is 17.3. The Bertz CT molecular complexity index is 1020. The molecule has 1 amide bonds. The van der Waals surface area contributed by atoms with E-state index in [1.54, 1.807) is 38.3 Å². The molecule has 30 heavy (non-hydrogen) atoms. The van der Waals surface area contributed by atoms with Crippen LogP contribution in [0.15, 0.2) is 40.3 Å². The zero-order valence-corrected chi connectivity index (χ0v) is 17.3. The first-order valence-electron chi connectivity index (χ1n) is 10.0. The fourth-order valence-corrected chi connectivity index (χ4v) is 4.11. The number of likely N-dealkylation sites (tertiary alicyclic amines) is 1. The molecule has 2 aliphatic rings. The van der Waals surface area contributed by atoms with Crippen molar-refractivity contribution < 1.29 is 28.6 Å². The number of fused-ring (bicyclic) bond motifs is 1. The van der Waals surface area contributed by atoms with Crippen molar-refractivity contribution in [2.24, 2.45) is 0 Å². The quantitative estimate of drug-likeness (QED) is 0.339. The van der Waals surface area contributed by atoms with Gasteiger partial charge in [-0.2, -0.15) is 0 Å². The number of aliphatic hydroxyl groups is 1. The first-order valence-corrected chi connectivity index (χ1v) is 10.0. The SMILES string of the molecule is COCCCN1C(=O)C(=O)C(=C(O)c2ccc3c(c2)C[C@@H](C)O3)[C@@H]1c1ccc(C)o1. The number of benzene rings is 1. The fraction of sp³-hybridized carbons (Fsp3) is 0.391. The molecule has 1 aromatic heterocycles. The van der Waals surface area contributed by atoms with Crippen LogP contribution in [0, 0.1) is 6.92 Å². The number of aryl methyl sites for hydroxylation is 1. The summed E-state index contributed by atoms with van der Waals surface area (Å²) < 4.78 is 16.6. The Balaban J connectivity index is 1.78. The van der Waals surface area contributed by atoms with Crippen molar-refractivity contribution in [3.05, 3.63) is 58.6 Å². The molecule has 0 bridgehead atoms. The third-order valence-electron chi connectivity index (χ3n) is 5.49. The standard InChI is InChI=1S/C23H25NO6/c1-13-5-7-18(29-13)20-19(22(26)23(27)24(20)9-4-10-28-3)21(25)15-6-8-17-16(12-15)11-14(2)30-17/h5-8,12,14,20,25H,4,9-11H2,1-3H3/t14-,20+/m1/s1. The minimum atomic E-state index is -0.779. The first kappa shape index (κ1) is 20.2. The summed E-state index contributed by atoms with van der Waals surface area (Å²) in [6, 6.07) is 8.04. The monoisotopic (exact) mass is 411 g/mol. The maximum absolute atomic E-state index is 12.9. The maximum Gasteiger partial charge on any atom is 0.295 e. The normalized spacial score (nSPS) is 22.4. The van der Waals surface area contributed by atoms with E-state index in [0.29, 0.717) is 36.7 Å². The lowest BCUT2D eigenvalue weighted by Gasteiger charge is -2.23. The summed E-state index contributed by atoms with van der Waals surface area (Å²) in [4.78, 5) is 27.2. The van der Waals surface area contributed by atoms with E-state index < -0.39 is 17.7 Å². The molecular formula is C23H25NO6. The number of rotatable bonds is 6. The molecule has 0 spiro atoms. The van der Waals surface area contributed by atoms with Gasteiger partial charge in [0.05, 0.1) is 5.57 Å². The van der Waals surface area contributed by atoms with Crippen LogP contribution < -0.4 is 4.74 Å². The van der Waals surface area contributed by atoms with Crippen LogP contribution in [0.25, 0.3) is 5.76 Å². The van der Waals surface area contributed by atoms with Crippen LogP contribution in [0.2, 0.25) is 0 Å². The summed E-state index contributed by atoms with van der Waals surface area (Å²) in [6.07, 6.45) is 1.35. The Morgan fingerprint density at radius 1 is 1.27 bits per heavy atom. The van der Waals surface area contributed by atoms with Crippen molar-refractivity contribution in [1.29, 1.82) is 0 Å². The van der Waals surface area contributed by atoms with Crippen molar-refractivity contribution in [2.45, 2.75) is 38.8 Å². The minimum absolute atomic E-state index is 0.0404. The van der Waals surface area contributed by atoms with Crippen molar-refractivity contribution in [3.8, 4) is 5.75 Å². The van der Waals surface area contributed by atoms with Gasteiger partial charge < -0.3 is 23.9 Å². The van der Waals surface area contributed by atoms with Crippen LogP contribution in [0.1, 0.15) is 42.0 Å². The molecule has 1 fully saturated rings. The second-order valence-corrected chi connectivity index (χ2v) is 7.74. The number of hydrogen-bond donors (Lipinski definition) is 1. The number of Topliss-reactive ketones (excluding diaryl/α,β-unsaturated/α-hetero) is 1. The van der Waals surface area contributed by atoms with Crippen LogP contribution in [0.3, 0.4) is 0 Å². The summed E-state index contributed by atoms with van der Waals surface area (Å²) >= 11 is 0. The molecule has 4 rings (SSSR count). The van der Waals surface area contributed by atoms with E-state index in [1.165, 1.54) is 4.90 Å². The van der Waals surface area contributed by atoms with Crippen molar-refractivity contribution in [1.82, 2.24) is 4.90 Å². The number of furan rings is 1. The summed E-state index contributed by atoms with van der Waals surface area (Å²) in [7, 11) is 1.58. The van der Waals surface area contributed by atoms with E-state index >= 15 is 0 Å². The molecule has 2 atom stereocenters. The van der Waals surface area contributed by atoms with E-state index in [2.05, 4.69) is 0 Å². The largest absolute Gasteiger partial charge is 0.507 e. The Morgan fingerprint density at radius 2 is 2.07 bits per heavy atom. The lowest BCUT2D eigenvalue weighted by Crippen LogP contribution is -2.31. The number of amides is 1. The van der Waals surface area contributed by atoms with Gasteiger partial charge in [-0.15, -0.1) is 0 Å². The maximum atomic E-state index is 12.9. The Labute approximate surface area is 174 Å². The van der Waals surface area contributed by atoms with Gasteiger partial charge in [0.25, 0.3) is 11.7 Å². The van der Waals surface area contributed by atoms with Gasteiger partial charge in [0, 0.05) is 32.2 Å². The number of ketones is 1. The van der Waals surface area contributed by atoms with E-state index in [0.717, 1.165) is 17.7 Å².